The number of hydrogen-bond donors (Lipinski definition) is 1. The highest BCUT2D eigenvalue weighted by molar-refractivity contribution is 5.18. The van der Waals surface area contributed by atoms with Gasteiger partial charge in [-0.3, -0.25) is 9.97 Å². The smallest absolute Gasteiger partial charge is 0.0665 e. The molecule has 0 spiro atoms. The summed E-state index contributed by atoms with van der Waals surface area (Å²) in [6, 6.07) is 0.435. The van der Waals surface area contributed by atoms with Crippen LogP contribution in [0.3, 0.4) is 0 Å². The summed E-state index contributed by atoms with van der Waals surface area (Å²) in [7, 11) is 1.99. The van der Waals surface area contributed by atoms with Gasteiger partial charge in [-0.2, -0.15) is 0 Å². The Morgan fingerprint density at radius 2 is 2.07 bits per heavy atom. The van der Waals surface area contributed by atoms with E-state index in [1.165, 1.54) is 0 Å². The predicted molar refractivity (Wildman–Crippen MR) is 63.1 cm³/mol. The quantitative estimate of drug-likeness (QED) is 0.822. The van der Waals surface area contributed by atoms with Gasteiger partial charge in [0.25, 0.3) is 0 Å². The van der Waals surface area contributed by atoms with Gasteiger partial charge in [-0.05, 0) is 34.2 Å². The topological polar surface area (TPSA) is 37.8 Å². The average molecular weight is 207 g/mol. The van der Waals surface area contributed by atoms with Crippen molar-refractivity contribution < 1.29 is 0 Å². The van der Waals surface area contributed by atoms with Crippen molar-refractivity contribution in [2.24, 2.45) is 0 Å². The number of aryl methyl sites for hydroxylation is 2. The molecule has 0 fully saturated rings. The summed E-state index contributed by atoms with van der Waals surface area (Å²) in [5.74, 6) is 0.447. The standard InChI is InChI=1S/C12H21N3/c1-6-11(9(3)13-5)12-10(4)14-7-8(2)15-12/h7,9,11,13H,6H2,1-5H3. The van der Waals surface area contributed by atoms with Crippen LogP contribution >= 0.6 is 0 Å². The van der Waals surface area contributed by atoms with Crippen molar-refractivity contribution >= 4 is 0 Å². The zero-order chi connectivity index (χ0) is 11.4. The first-order valence-electron chi connectivity index (χ1n) is 5.57. The molecule has 0 bridgehead atoms. The lowest BCUT2D eigenvalue weighted by molar-refractivity contribution is 0.470. The molecule has 0 amide bonds. The normalized spacial score (nSPS) is 15.0. The first kappa shape index (κ1) is 12.1. The fourth-order valence-electron chi connectivity index (χ4n) is 1.89. The summed E-state index contributed by atoms with van der Waals surface area (Å²) in [6.45, 7) is 8.42. The van der Waals surface area contributed by atoms with Gasteiger partial charge < -0.3 is 5.32 Å². The van der Waals surface area contributed by atoms with Crippen molar-refractivity contribution in [2.75, 3.05) is 7.05 Å². The van der Waals surface area contributed by atoms with E-state index >= 15 is 0 Å². The van der Waals surface area contributed by atoms with Crippen molar-refractivity contribution in [2.45, 2.75) is 46.1 Å². The van der Waals surface area contributed by atoms with Crippen LogP contribution in [0.4, 0.5) is 0 Å². The maximum Gasteiger partial charge on any atom is 0.0665 e. The average Bonchev–Trinajstić information content (AvgIpc) is 2.23. The molecular formula is C12H21N3. The highest BCUT2D eigenvalue weighted by Crippen LogP contribution is 2.23. The first-order chi connectivity index (χ1) is 7.10. The third-order valence-corrected chi connectivity index (χ3v) is 2.96. The third-order valence-electron chi connectivity index (χ3n) is 2.96. The van der Waals surface area contributed by atoms with Crippen LogP contribution < -0.4 is 5.32 Å². The van der Waals surface area contributed by atoms with Gasteiger partial charge in [0.15, 0.2) is 0 Å². The van der Waals surface area contributed by atoms with E-state index in [9.17, 15) is 0 Å². The Labute approximate surface area is 92.3 Å². The van der Waals surface area contributed by atoms with Gasteiger partial charge in [0.1, 0.15) is 0 Å². The van der Waals surface area contributed by atoms with Crippen LogP contribution in [0.2, 0.25) is 0 Å². The Morgan fingerprint density at radius 1 is 1.40 bits per heavy atom. The molecule has 1 aromatic rings. The second-order valence-electron chi connectivity index (χ2n) is 4.07. The summed E-state index contributed by atoms with van der Waals surface area (Å²) in [6.07, 6.45) is 2.91. The largest absolute Gasteiger partial charge is 0.317 e. The molecule has 1 N–H and O–H groups in total. The van der Waals surface area contributed by atoms with Crippen LogP contribution in [0, 0.1) is 13.8 Å². The Balaban J connectivity index is 3.05. The Kier molecular flexibility index (Phi) is 4.21. The van der Waals surface area contributed by atoms with Crippen LogP contribution in [0.25, 0.3) is 0 Å². The summed E-state index contributed by atoms with van der Waals surface area (Å²) in [5.41, 5.74) is 3.19. The van der Waals surface area contributed by atoms with E-state index in [1.54, 1.807) is 0 Å². The van der Waals surface area contributed by atoms with Crippen LogP contribution in [0.5, 0.6) is 0 Å². The molecule has 2 unspecified atom stereocenters. The summed E-state index contributed by atoms with van der Waals surface area (Å²) in [4.78, 5) is 8.98. The van der Waals surface area contributed by atoms with Crippen molar-refractivity contribution in [3.8, 4) is 0 Å². The van der Waals surface area contributed by atoms with Gasteiger partial charge in [-0.15, -0.1) is 0 Å². The van der Waals surface area contributed by atoms with E-state index in [2.05, 4.69) is 29.1 Å². The lowest BCUT2D eigenvalue weighted by Crippen LogP contribution is -2.30. The number of rotatable bonds is 4. The van der Waals surface area contributed by atoms with Gasteiger partial charge in [0, 0.05) is 18.2 Å². The zero-order valence-electron chi connectivity index (χ0n) is 10.3. The van der Waals surface area contributed by atoms with Crippen molar-refractivity contribution in [1.29, 1.82) is 0 Å². The number of hydrogen-bond acceptors (Lipinski definition) is 3. The molecule has 0 aliphatic heterocycles. The van der Waals surface area contributed by atoms with E-state index in [4.69, 9.17) is 0 Å². The highest BCUT2D eigenvalue weighted by Gasteiger charge is 2.19. The van der Waals surface area contributed by atoms with E-state index in [0.29, 0.717) is 12.0 Å². The maximum atomic E-state index is 4.61. The Bertz CT molecular complexity index is 323. The molecule has 0 aromatic carbocycles. The minimum Gasteiger partial charge on any atom is -0.317 e. The first-order valence-corrected chi connectivity index (χ1v) is 5.57. The molecule has 1 aromatic heterocycles. The minimum atomic E-state index is 0.435. The molecule has 0 aliphatic carbocycles. The molecule has 1 rings (SSSR count). The Morgan fingerprint density at radius 3 is 2.60 bits per heavy atom. The van der Waals surface area contributed by atoms with E-state index < -0.39 is 0 Å². The number of likely N-dealkylation sites (N-methyl/N-ethyl adjacent to an activating group) is 1. The summed E-state index contributed by atoms with van der Waals surface area (Å²) >= 11 is 0. The Hall–Kier alpha value is -0.960. The van der Waals surface area contributed by atoms with Crippen LogP contribution in [0.1, 0.15) is 43.3 Å². The molecular weight excluding hydrogens is 186 g/mol. The van der Waals surface area contributed by atoms with E-state index in [-0.39, 0.29) is 0 Å². The van der Waals surface area contributed by atoms with E-state index in [1.807, 2.05) is 27.1 Å². The van der Waals surface area contributed by atoms with Gasteiger partial charge in [-0.1, -0.05) is 6.92 Å². The summed E-state index contributed by atoms with van der Waals surface area (Å²) in [5, 5.41) is 3.29. The maximum absolute atomic E-state index is 4.61. The van der Waals surface area contributed by atoms with Crippen LogP contribution in [-0.4, -0.2) is 23.1 Å². The molecule has 0 aliphatic rings. The molecule has 0 saturated heterocycles. The van der Waals surface area contributed by atoms with Crippen LogP contribution in [0.15, 0.2) is 6.20 Å². The van der Waals surface area contributed by atoms with Gasteiger partial charge in [0.2, 0.25) is 0 Å². The monoisotopic (exact) mass is 207 g/mol. The lowest BCUT2D eigenvalue weighted by Gasteiger charge is -2.23. The summed E-state index contributed by atoms with van der Waals surface area (Å²) < 4.78 is 0. The minimum absolute atomic E-state index is 0.435. The fourth-order valence-corrected chi connectivity index (χ4v) is 1.89. The zero-order valence-corrected chi connectivity index (χ0v) is 10.3. The van der Waals surface area contributed by atoms with Gasteiger partial charge >= 0.3 is 0 Å². The SMILES string of the molecule is CCC(c1nc(C)cnc1C)C(C)NC. The highest BCUT2D eigenvalue weighted by atomic mass is 14.9. The number of aromatic nitrogens is 2. The number of nitrogens with one attached hydrogen (secondary N) is 1. The second-order valence-corrected chi connectivity index (χ2v) is 4.07. The molecule has 0 radical (unpaired) electrons. The molecule has 1 heterocycles. The molecule has 2 atom stereocenters. The van der Waals surface area contributed by atoms with Crippen molar-refractivity contribution in [3.05, 3.63) is 23.3 Å². The molecule has 3 nitrogen and oxygen atoms in total. The second kappa shape index (κ2) is 5.21. The third kappa shape index (κ3) is 2.75. The van der Waals surface area contributed by atoms with E-state index in [0.717, 1.165) is 23.5 Å². The van der Waals surface area contributed by atoms with Gasteiger partial charge in [0.05, 0.1) is 17.1 Å². The predicted octanol–water partition coefficient (Wildman–Crippen LogP) is 2.19. The molecule has 0 saturated carbocycles. The molecule has 84 valence electrons. The van der Waals surface area contributed by atoms with Crippen molar-refractivity contribution in [3.63, 3.8) is 0 Å². The molecule has 15 heavy (non-hydrogen) atoms. The van der Waals surface area contributed by atoms with Crippen LogP contribution in [-0.2, 0) is 0 Å². The van der Waals surface area contributed by atoms with Crippen molar-refractivity contribution in [1.82, 2.24) is 15.3 Å². The lowest BCUT2D eigenvalue weighted by atomic mass is 9.93. The van der Waals surface area contributed by atoms with Gasteiger partial charge in [-0.25, -0.2) is 0 Å². The fraction of sp³-hybridized carbons (Fsp3) is 0.667. The molecule has 3 heteroatoms. The number of nitrogens with zero attached hydrogens (tertiary/aromatic N) is 2.